The minimum atomic E-state index is -0.423. The second kappa shape index (κ2) is 6.50. The largest absolute Gasteiger partial charge is 0.339 e. The number of imidazole rings is 1. The van der Waals surface area contributed by atoms with Crippen molar-refractivity contribution in [3.63, 3.8) is 0 Å². The standard InChI is InChI=1S/C17H18N4O2/c1-21-14-11-7-6-10-13(14)18-16(21)15(19-17(22)20-23-2)12-8-4-3-5-9-12/h3-11,15H,1-2H3,(H2,19,20,22)/t15-/m1/s1. The quantitative estimate of drug-likeness (QED) is 0.728. The molecule has 0 spiro atoms. The van der Waals surface area contributed by atoms with Crippen molar-refractivity contribution < 1.29 is 9.63 Å². The maximum absolute atomic E-state index is 11.9. The SMILES string of the molecule is CONC(=O)N[C@H](c1ccccc1)c1nc2ccccc2n1C. The van der Waals surface area contributed by atoms with Crippen LogP contribution in [0.25, 0.3) is 11.0 Å². The number of urea groups is 1. The summed E-state index contributed by atoms with van der Waals surface area (Å²) in [6, 6.07) is 16.8. The zero-order valence-electron chi connectivity index (χ0n) is 13.0. The number of amides is 2. The highest BCUT2D eigenvalue weighted by molar-refractivity contribution is 5.77. The summed E-state index contributed by atoms with van der Waals surface area (Å²) in [5, 5.41) is 2.89. The number of rotatable bonds is 4. The molecule has 0 aliphatic carbocycles. The zero-order valence-corrected chi connectivity index (χ0v) is 13.0. The lowest BCUT2D eigenvalue weighted by Crippen LogP contribution is -2.38. The summed E-state index contributed by atoms with van der Waals surface area (Å²) in [7, 11) is 3.34. The van der Waals surface area contributed by atoms with E-state index in [2.05, 4.69) is 20.6 Å². The predicted molar refractivity (Wildman–Crippen MR) is 87.7 cm³/mol. The van der Waals surface area contributed by atoms with Crippen molar-refractivity contribution in [2.75, 3.05) is 7.11 Å². The summed E-state index contributed by atoms with van der Waals surface area (Å²) >= 11 is 0. The van der Waals surface area contributed by atoms with Crippen molar-refractivity contribution in [1.29, 1.82) is 0 Å². The highest BCUT2D eigenvalue weighted by Crippen LogP contribution is 2.24. The van der Waals surface area contributed by atoms with Crippen molar-refractivity contribution in [2.24, 2.45) is 7.05 Å². The van der Waals surface area contributed by atoms with Gasteiger partial charge in [0, 0.05) is 7.05 Å². The highest BCUT2D eigenvalue weighted by atomic mass is 16.6. The number of hydroxylamine groups is 1. The van der Waals surface area contributed by atoms with Gasteiger partial charge in [-0.15, -0.1) is 0 Å². The van der Waals surface area contributed by atoms with Gasteiger partial charge in [0.2, 0.25) is 0 Å². The fourth-order valence-corrected chi connectivity index (χ4v) is 2.62. The Balaban J connectivity index is 2.06. The third-order valence-electron chi connectivity index (χ3n) is 3.68. The monoisotopic (exact) mass is 310 g/mol. The van der Waals surface area contributed by atoms with Gasteiger partial charge in [0.25, 0.3) is 0 Å². The van der Waals surface area contributed by atoms with Gasteiger partial charge in [-0.2, -0.15) is 0 Å². The van der Waals surface area contributed by atoms with Gasteiger partial charge in [0.05, 0.1) is 18.1 Å². The molecule has 118 valence electrons. The van der Waals surface area contributed by atoms with Crippen LogP contribution in [0.1, 0.15) is 17.4 Å². The molecule has 0 saturated heterocycles. The average molecular weight is 310 g/mol. The molecule has 0 aliphatic rings. The Morgan fingerprint density at radius 1 is 1.13 bits per heavy atom. The van der Waals surface area contributed by atoms with E-state index in [1.807, 2.05) is 66.2 Å². The molecule has 0 aliphatic heterocycles. The molecule has 6 nitrogen and oxygen atoms in total. The molecular formula is C17H18N4O2. The number of benzene rings is 2. The van der Waals surface area contributed by atoms with E-state index in [-0.39, 0.29) is 6.04 Å². The Morgan fingerprint density at radius 2 is 1.83 bits per heavy atom. The number of carbonyl (C=O) groups is 1. The molecule has 0 bridgehead atoms. The van der Waals surface area contributed by atoms with E-state index < -0.39 is 6.03 Å². The predicted octanol–water partition coefficient (Wildman–Crippen LogP) is 2.52. The summed E-state index contributed by atoms with van der Waals surface area (Å²) in [6.07, 6.45) is 0. The van der Waals surface area contributed by atoms with E-state index >= 15 is 0 Å². The first-order valence-corrected chi connectivity index (χ1v) is 7.26. The number of hydrogen-bond acceptors (Lipinski definition) is 3. The topological polar surface area (TPSA) is 68.2 Å². The number of carbonyl (C=O) groups excluding carboxylic acids is 1. The molecule has 1 heterocycles. The van der Waals surface area contributed by atoms with Crippen molar-refractivity contribution >= 4 is 17.1 Å². The molecule has 6 heteroatoms. The normalized spacial score (nSPS) is 12.1. The van der Waals surface area contributed by atoms with Crippen LogP contribution < -0.4 is 10.8 Å². The molecule has 0 radical (unpaired) electrons. The van der Waals surface area contributed by atoms with Crippen molar-refractivity contribution in [1.82, 2.24) is 20.3 Å². The molecule has 1 atom stereocenters. The molecule has 0 unspecified atom stereocenters. The van der Waals surface area contributed by atoms with Crippen LogP contribution in [0.4, 0.5) is 4.79 Å². The summed E-state index contributed by atoms with van der Waals surface area (Å²) in [5.74, 6) is 0.753. The highest BCUT2D eigenvalue weighted by Gasteiger charge is 2.22. The zero-order chi connectivity index (χ0) is 16.2. The van der Waals surface area contributed by atoms with Gasteiger partial charge in [-0.1, -0.05) is 42.5 Å². The molecule has 3 rings (SSSR count). The van der Waals surface area contributed by atoms with Crippen LogP contribution in [0.15, 0.2) is 54.6 Å². The van der Waals surface area contributed by atoms with Crippen LogP contribution in [0.3, 0.4) is 0 Å². The number of nitrogens with zero attached hydrogens (tertiary/aromatic N) is 2. The second-order valence-corrected chi connectivity index (χ2v) is 5.14. The molecule has 0 saturated carbocycles. The van der Waals surface area contributed by atoms with Crippen molar-refractivity contribution in [3.8, 4) is 0 Å². The molecule has 1 aromatic heterocycles. The fraction of sp³-hybridized carbons (Fsp3) is 0.176. The first-order chi connectivity index (χ1) is 11.2. The maximum atomic E-state index is 11.9. The first kappa shape index (κ1) is 15.1. The fourth-order valence-electron chi connectivity index (χ4n) is 2.62. The average Bonchev–Trinajstić information content (AvgIpc) is 2.91. The second-order valence-electron chi connectivity index (χ2n) is 5.14. The van der Waals surface area contributed by atoms with E-state index in [0.29, 0.717) is 0 Å². The van der Waals surface area contributed by atoms with Crippen LogP contribution >= 0.6 is 0 Å². The van der Waals surface area contributed by atoms with Crippen molar-refractivity contribution in [2.45, 2.75) is 6.04 Å². The molecule has 23 heavy (non-hydrogen) atoms. The molecular weight excluding hydrogens is 292 g/mol. The van der Waals surface area contributed by atoms with Gasteiger partial charge in [0.15, 0.2) is 0 Å². The molecule has 0 fully saturated rings. The van der Waals surface area contributed by atoms with E-state index in [1.165, 1.54) is 7.11 Å². The Kier molecular flexibility index (Phi) is 4.25. The Hall–Kier alpha value is -2.86. The Morgan fingerprint density at radius 3 is 2.52 bits per heavy atom. The maximum Gasteiger partial charge on any atom is 0.339 e. The third-order valence-corrected chi connectivity index (χ3v) is 3.68. The number of aryl methyl sites for hydroxylation is 1. The van der Waals surface area contributed by atoms with Crippen LogP contribution in [0.5, 0.6) is 0 Å². The van der Waals surface area contributed by atoms with Crippen LogP contribution in [0.2, 0.25) is 0 Å². The molecule has 2 N–H and O–H groups in total. The van der Waals surface area contributed by atoms with E-state index in [9.17, 15) is 4.79 Å². The Labute approximate surface area is 134 Å². The number of para-hydroxylation sites is 2. The number of fused-ring (bicyclic) bond motifs is 1. The van der Waals surface area contributed by atoms with Crippen LogP contribution in [0, 0.1) is 0 Å². The van der Waals surface area contributed by atoms with Gasteiger partial charge >= 0.3 is 6.03 Å². The smallest absolute Gasteiger partial charge is 0.329 e. The van der Waals surface area contributed by atoms with Gasteiger partial charge in [0.1, 0.15) is 11.9 Å². The lowest BCUT2D eigenvalue weighted by atomic mass is 10.1. The van der Waals surface area contributed by atoms with E-state index in [1.54, 1.807) is 0 Å². The van der Waals surface area contributed by atoms with Gasteiger partial charge < -0.3 is 9.88 Å². The summed E-state index contributed by atoms with van der Waals surface area (Å²) in [6.45, 7) is 0. The van der Waals surface area contributed by atoms with Crippen LogP contribution in [-0.4, -0.2) is 22.7 Å². The molecule has 2 amide bonds. The number of nitrogens with one attached hydrogen (secondary N) is 2. The van der Waals surface area contributed by atoms with Crippen molar-refractivity contribution in [3.05, 3.63) is 66.0 Å². The van der Waals surface area contributed by atoms with Gasteiger partial charge in [-0.05, 0) is 17.7 Å². The summed E-state index contributed by atoms with van der Waals surface area (Å²) < 4.78 is 1.99. The van der Waals surface area contributed by atoms with Gasteiger partial charge in [-0.25, -0.2) is 15.3 Å². The van der Waals surface area contributed by atoms with Gasteiger partial charge in [-0.3, -0.25) is 4.84 Å². The van der Waals surface area contributed by atoms with Crippen LogP contribution in [-0.2, 0) is 11.9 Å². The Bertz CT molecular complexity index is 814. The molecule has 2 aromatic carbocycles. The summed E-state index contributed by atoms with van der Waals surface area (Å²) in [5.41, 5.74) is 5.12. The lowest BCUT2D eigenvalue weighted by Gasteiger charge is -2.19. The third kappa shape index (κ3) is 3.02. The lowest BCUT2D eigenvalue weighted by molar-refractivity contribution is 0.106. The minimum absolute atomic E-state index is 0.385. The first-order valence-electron chi connectivity index (χ1n) is 7.26. The van der Waals surface area contributed by atoms with E-state index in [0.717, 1.165) is 22.4 Å². The minimum Gasteiger partial charge on any atom is -0.329 e. The number of aromatic nitrogens is 2. The van der Waals surface area contributed by atoms with E-state index in [4.69, 9.17) is 0 Å². The summed E-state index contributed by atoms with van der Waals surface area (Å²) in [4.78, 5) is 21.3. The number of hydrogen-bond donors (Lipinski definition) is 2. The molecule has 3 aromatic rings.